The zero-order valence-corrected chi connectivity index (χ0v) is 13.9. The largest absolute Gasteiger partial charge is 0.444 e. The number of carbonyl (C=O) groups is 1. The summed E-state index contributed by atoms with van der Waals surface area (Å²) in [5.74, 6) is -0.341. The molecule has 1 aromatic carbocycles. The lowest BCUT2D eigenvalue weighted by atomic mass is 10.2. The van der Waals surface area contributed by atoms with Crippen molar-refractivity contribution < 1.29 is 13.9 Å². The number of thiazole rings is 1. The predicted molar refractivity (Wildman–Crippen MR) is 81.9 cm³/mol. The molecule has 0 unspecified atom stereocenters. The normalized spacial score (nSPS) is 11.7. The molecule has 0 saturated heterocycles. The topological polar surface area (TPSA) is 51.2 Å². The highest BCUT2D eigenvalue weighted by Crippen LogP contribution is 2.34. The van der Waals surface area contributed by atoms with E-state index in [0.29, 0.717) is 20.7 Å². The van der Waals surface area contributed by atoms with E-state index >= 15 is 0 Å². The van der Waals surface area contributed by atoms with Crippen LogP contribution >= 0.6 is 27.3 Å². The summed E-state index contributed by atoms with van der Waals surface area (Å²) in [6, 6.07) is 1.70. The van der Waals surface area contributed by atoms with E-state index in [-0.39, 0.29) is 5.82 Å². The van der Waals surface area contributed by atoms with Gasteiger partial charge in [0.1, 0.15) is 16.9 Å². The van der Waals surface area contributed by atoms with Crippen molar-refractivity contribution in [2.45, 2.75) is 33.3 Å². The van der Waals surface area contributed by atoms with E-state index in [1.54, 1.807) is 33.8 Å². The van der Waals surface area contributed by atoms with Gasteiger partial charge < -0.3 is 4.74 Å². The maximum Gasteiger partial charge on any atom is 0.413 e. The van der Waals surface area contributed by atoms with Gasteiger partial charge in [0.2, 0.25) is 0 Å². The first kappa shape index (κ1) is 15.2. The molecule has 108 valence electrons. The number of hydrogen-bond donors (Lipinski definition) is 1. The summed E-state index contributed by atoms with van der Waals surface area (Å²) < 4.78 is 20.0. The van der Waals surface area contributed by atoms with Crippen LogP contribution in [-0.4, -0.2) is 16.7 Å². The summed E-state index contributed by atoms with van der Waals surface area (Å²) in [5.41, 5.74) is 0.435. The molecule has 2 aromatic rings. The van der Waals surface area contributed by atoms with Gasteiger partial charge in [0.05, 0.1) is 9.17 Å². The monoisotopic (exact) mass is 360 g/mol. The van der Waals surface area contributed by atoms with Gasteiger partial charge in [0, 0.05) is 0 Å². The molecule has 4 nitrogen and oxygen atoms in total. The van der Waals surface area contributed by atoms with Gasteiger partial charge in [0.25, 0.3) is 0 Å². The van der Waals surface area contributed by atoms with Crippen LogP contribution in [0.4, 0.5) is 14.3 Å². The minimum atomic E-state index is -0.579. The van der Waals surface area contributed by atoms with Gasteiger partial charge in [-0.25, -0.2) is 14.2 Å². The second-order valence-electron chi connectivity index (χ2n) is 5.31. The van der Waals surface area contributed by atoms with Crippen molar-refractivity contribution in [2.75, 3.05) is 5.32 Å². The molecule has 7 heteroatoms. The van der Waals surface area contributed by atoms with Crippen molar-refractivity contribution in [3.63, 3.8) is 0 Å². The number of benzene rings is 1. The Morgan fingerprint density at radius 2 is 2.15 bits per heavy atom. The lowest BCUT2D eigenvalue weighted by Crippen LogP contribution is -2.27. The highest BCUT2D eigenvalue weighted by atomic mass is 79.9. The molecule has 1 N–H and O–H groups in total. The third-order valence-corrected chi connectivity index (χ3v) is 4.00. The predicted octanol–water partition coefficient (Wildman–Crippen LogP) is 4.85. The Hall–Kier alpha value is -1.21. The Balaban J connectivity index is 2.29. The molecule has 0 radical (unpaired) electrons. The molecule has 20 heavy (non-hydrogen) atoms. The van der Waals surface area contributed by atoms with Crippen LogP contribution in [0.15, 0.2) is 10.5 Å². The Morgan fingerprint density at radius 1 is 1.50 bits per heavy atom. The van der Waals surface area contributed by atoms with Crippen molar-refractivity contribution >= 4 is 48.7 Å². The zero-order valence-electron chi connectivity index (χ0n) is 11.5. The molecule has 1 aromatic heterocycles. The van der Waals surface area contributed by atoms with E-state index in [9.17, 15) is 9.18 Å². The molecule has 0 fully saturated rings. The number of fused-ring (bicyclic) bond motifs is 1. The van der Waals surface area contributed by atoms with Gasteiger partial charge in [-0.05, 0) is 55.3 Å². The third-order valence-electron chi connectivity index (χ3n) is 2.36. The molecule has 0 aliphatic carbocycles. The number of halogens is 2. The van der Waals surface area contributed by atoms with Crippen molar-refractivity contribution in [3.8, 4) is 0 Å². The number of anilines is 1. The first-order valence-electron chi connectivity index (χ1n) is 5.92. The van der Waals surface area contributed by atoms with Crippen molar-refractivity contribution in [3.05, 3.63) is 21.9 Å². The summed E-state index contributed by atoms with van der Waals surface area (Å²) >= 11 is 4.45. The number of ether oxygens (including phenoxy) is 1. The number of hydrogen-bond acceptors (Lipinski definition) is 4. The maximum absolute atomic E-state index is 13.8. The molecule has 0 aliphatic heterocycles. The zero-order chi connectivity index (χ0) is 15.1. The quantitative estimate of drug-likeness (QED) is 0.790. The average Bonchev–Trinajstić information content (AvgIpc) is 2.66. The molecule has 0 spiro atoms. The van der Waals surface area contributed by atoms with E-state index in [0.717, 1.165) is 4.70 Å². The highest BCUT2D eigenvalue weighted by molar-refractivity contribution is 9.10. The highest BCUT2D eigenvalue weighted by Gasteiger charge is 2.19. The van der Waals surface area contributed by atoms with E-state index in [1.165, 1.54) is 11.3 Å². The summed E-state index contributed by atoms with van der Waals surface area (Å²) in [4.78, 5) is 15.9. The Bertz CT molecular complexity index is 679. The Morgan fingerprint density at radius 3 is 2.75 bits per heavy atom. The lowest BCUT2D eigenvalue weighted by Gasteiger charge is -2.18. The van der Waals surface area contributed by atoms with Gasteiger partial charge in [-0.3, -0.25) is 5.32 Å². The minimum Gasteiger partial charge on any atom is -0.444 e. The van der Waals surface area contributed by atoms with Crippen LogP contribution in [0.1, 0.15) is 26.3 Å². The number of rotatable bonds is 1. The van der Waals surface area contributed by atoms with E-state index in [1.807, 2.05) is 0 Å². The first-order valence-corrected chi connectivity index (χ1v) is 7.53. The molecule has 0 saturated carbocycles. The fourth-order valence-corrected chi connectivity index (χ4v) is 3.27. The van der Waals surface area contributed by atoms with Gasteiger partial charge >= 0.3 is 6.09 Å². The standard InChI is InChI=1S/C13H14BrFN2O2S/c1-6-5-7-10(8(14)9(6)15)16-11(20-7)17-12(18)19-13(2,3)4/h5H,1-4H3,(H,16,17,18). The molecule has 0 aliphatic rings. The van der Waals surface area contributed by atoms with E-state index in [2.05, 4.69) is 26.2 Å². The lowest BCUT2D eigenvalue weighted by molar-refractivity contribution is 0.0636. The Kier molecular flexibility index (Phi) is 4.02. The molecule has 0 atom stereocenters. The number of amides is 1. The molecular formula is C13H14BrFN2O2S. The summed E-state index contributed by atoms with van der Waals surface area (Å²) in [6.45, 7) is 7.01. The van der Waals surface area contributed by atoms with E-state index < -0.39 is 11.7 Å². The van der Waals surface area contributed by atoms with Crippen LogP contribution in [-0.2, 0) is 4.74 Å². The SMILES string of the molecule is Cc1cc2sc(NC(=O)OC(C)(C)C)nc2c(Br)c1F. The van der Waals surface area contributed by atoms with Gasteiger partial charge in [0.15, 0.2) is 5.13 Å². The summed E-state index contributed by atoms with van der Waals surface area (Å²) in [7, 11) is 0. The first-order chi connectivity index (χ1) is 9.17. The number of nitrogens with zero attached hydrogens (tertiary/aromatic N) is 1. The van der Waals surface area contributed by atoms with Crippen LogP contribution in [0.5, 0.6) is 0 Å². The second-order valence-corrected chi connectivity index (χ2v) is 7.14. The van der Waals surface area contributed by atoms with Crippen LogP contribution in [0.25, 0.3) is 10.2 Å². The van der Waals surface area contributed by atoms with Crippen LogP contribution in [0.2, 0.25) is 0 Å². The maximum atomic E-state index is 13.8. The Labute approximate surface area is 128 Å². The fourth-order valence-electron chi connectivity index (χ4n) is 1.57. The molecule has 1 heterocycles. The molecule has 2 rings (SSSR count). The number of nitrogens with one attached hydrogen (secondary N) is 1. The van der Waals surface area contributed by atoms with Crippen LogP contribution in [0, 0.1) is 12.7 Å². The summed E-state index contributed by atoms with van der Waals surface area (Å²) in [6.07, 6.45) is -0.579. The van der Waals surface area contributed by atoms with Crippen molar-refractivity contribution in [1.29, 1.82) is 0 Å². The fraction of sp³-hybridized carbons (Fsp3) is 0.385. The molecular weight excluding hydrogens is 347 g/mol. The number of carbonyl (C=O) groups excluding carboxylic acids is 1. The van der Waals surface area contributed by atoms with Crippen LogP contribution < -0.4 is 5.32 Å². The summed E-state index contributed by atoms with van der Waals surface area (Å²) in [5, 5.41) is 2.93. The second kappa shape index (κ2) is 5.29. The van der Waals surface area contributed by atoms with Gasteiger partial charge in [-0.15, -0.1) is 0 Å². The van der Waals surface area contributed by atoms with Crippen molar-refractivity contribution in [1.82, 2.24) is 4.98 Å². The van der Waals surface area contributed by atoms with Crippen LogP contribution in [0.3, 0.4) is 0 Å². The molecule has 1 amide bonds. The minimum absolute atomic E-state index is 0.306. The third kappa shape index (κ3) is 3.27. The smallest absolute Gasteiger partial charge is 0.413 e. The van der Waals surface area contributed by atoms with Gasteiger partial charge in [-0.2, -0.15) is 0 Å². The number of aryl methyl sites for hydroxylation is 1. The number of aromatic nitrogens is 1. The average molecular weight is 361 g/mol. The molecule has 0 bridgehead atoms. The van der Waals surface area contributed by atoms with Crippen molar-refractivity contribution in [2.24, 2.45) is 0 Å². The van der Waals surface area contributed by atoms with Gasteiger partial charge in [-0.1, -0.05) is 11.3 Å². The van der Waals surface area contributed by atoms with E-state index in [4.69, 9.17) is 4.74 Å².